The molecule has 1 unspecified atom stereocenters. The Balaban J connectivity index is 1.81. The Morgan fingerprint density at radius 1 is 1.33 bits per heavy atom. The van der Waals surface area contributed by atoms with Gasteiger partial charge in [0.05, 0.1) is 17.6 Å². The van der Waals surface area contributed by atoms with E-state index in [1.54, 1.807) is 6.07 Å². The Labute approximate surface area is 125 Å². The molecule has 0 aliphatic heterocycles. The van der Waals surface area contributed by atoms with Crippen LogP contribution in [0.4, 0.5) is 4.39 Å². The van der Waals surface area contributed by atoms with Crippen molar-refractivity contribution in [1.82, 2.24) is 20.1 Å². The molecule has 2 heterocycles. The molecule has 0 aliphatic carbocycles. The molecule has 1 N–H and O–H groups in total. The van der Waals surface area contributed by atoms with Crippen LogP contribution in [0.2, 0.25) is 0 Å². The maximum atomic E-state index is 12.9. The van der Waals surface area contributed by atoms with Gasteiger partial charge in [0.25, 0.3) is 0 Å². The summed E-state index contributed by atoms with van der Waals surface area (Å²) in [5.41, 5.74) is 3.15. The molecule has 2 rings (SSSR count). The average molecular weight is 290 g/mol. The van der Waals surface area contributed by atoms with Crippen molar-refractivity contribution in [3.8, 4) is 0 Å². The lowest BCUT2D eigenvalue weighted by atomic mass is 10.1. The molecular formula is C16H23FN4. The van der Waals surface area contributed by atoms with E-state index in [0.29, 0.717) is 0 Å². The number of hydrogen-bond acceptors (Lipinski definition) is 3. The van der Waals surface area contributed by atoms with Gasteiger partial charge < -0.3 is 5.32 Å². The summed E-state index contributed by atoms with van der Waals surface area (Å²) in [5.74, 6) is -0.293. The fourth-order valence-electron chi connectivity index (χ4n) is 2.46. The smallest absolute Gasteiger partial charge is 0.141 e. The summed E-state index contributed by atoms with van der Waals surface area (Å²) in [4.78, 5) is 4.15. The molecule has 2 aromatic rings. The third-order valence-corrected chi connectivity index (χ3v) is 3.56. The van der Waals surface area contributed by atoms with Crippen molar-refractivity contribution in [3.63, 3.8) is 0 Å². The second-order valence-electron chi connectivity index (χ2n) is 5.32. The van der Waals surface area contributed by atoms with E-state index in [1.807, 2.05) is 11.6 Å². The summed E-state index contributed by atoms with van der Waals surface area (Å²) in [7, 11) is 0. The van der Waals surface area contributed by atoms with E-state index in [4.69, 9.17) is 0 Å². The third-order valence-electron chi connectivity index (χ3n) is 3.56. The van der Waals surface area contributed by atoms with E-state index in [1.165, 1.54) is 18.0 Å². The lowest BCUT2D eigenvalue weighted by Crippen LogP contribution is -2.24. The van der Waals surface area contributed by atoms with Gasteiger partial charge in [-0.05, 0) is 51.4 Å². The Morgan fingerprint density at radius 2 is 2.14 bits per heavy atom. The molecule has 0 saturated carbocycles. The molecule has 21 heavy (non-hydrogen) atoms. The lowest BCUT2D eigenvalue weighted by Gasteiger charge is -2.16. The maximum absolute atomic E-state index is 12.9. The zero-order valence-electron chi connectivity index (χ0n) is 12.9. The molecule has 2 aromatic heterocycles. The summed E-state index contributed by atoms with van der Waals surface area (Å²) < 4.78 is 14.9. The summed E-state index contributed by atoms with van der Waals surface area (Å²) in [6, 6.07) is 5.47. The molecule has 1 atom stereocenters. The van der Waals surface area contributed by atoms with E-state index < -0.39 is 0 Å². The molecule has 0 aromatic carbocycles. The number of pyridine rings is 1. The maximum Gasteiger partial charge on any atom is 0.141 e. The van der Waals surface area contributed by atoms with E-state index in [-0.39, 0.29) is 11.9 Å². The molecule has 0 aliphatic rings. The van der Waals surface area contributed by atoms with Gasteiger partial charge in [-0.3, -0.25) is 9.67 Å². The fourth-order valence-corrected chi connectivity index (χ4v) is 2.46. The van der Waals surface area contributed by atoms with Crippen molar-refractivity contribution < 1.29 is 4.39 Å². The quantitative estimate of drug-likeness (QED) is 0.797. The van der Waals surface area contributed by atoms with Crippen molar-refractivity contribution in [2.24, 2.45) is 0 Å². The lowest BCUT2D eigenvalue weighted by molar-refractivity contribution is 0.467. The third kappa shape index (κ3) is 4.36. The van der Waals surface area contributed by atoms with Crippen molar-refractivity contribution in [1.29, 1.82) is 0 Å². The largest absolute Gasteiger partial charge is 0.309 e. The minimum Gasteiger partial charge on any atom is -0.309 e. The highest BCUT2D eigenvalue weighted by Gasteiger charge is 2.10. The molecule has 0 amide bonds. The van der Waals surface area contributed by atoms with Crippen LogP contribution in [-0.2, 0) is 6.54 Å². The van der Waals surface area contributed by atoms with Crippen LogP contribution in [0.15, 0.2) is 24.4 Å². The normalized spacial score (nSPS) is 12.6. The number of aryl methyl sites for hydroxylation is 3. The number of nitrogens with zero attached hydrogens (tertiary/aromatic N) is 3. The highest BCUT2D eigenvalue weighted by molar-refractivity contribution is 5.09. The summed E-state index contributed by atoms with van der Waals surface area (Å²) in [6.07, 6.45) is 3.20. The highest BCUT2D eigenvalue weighted by atomic mass is 19.1. The van der Waals surface area contributed by atoms with Gasteiger partial charge in [-0.15, -0.1) is 0 Å². The van der Waals surface area contributed by atoms with Gasteiger partial charge in [-0.25, -0.2) is 4.39 Å². The Kier molecular flexibility index (Phi) is 5.44. The Bertz CT molecular complexity index is 562. The van der Waals surface area contributed by atoms with Crippen LogP contribution in [-0.4, -0.2) is 21.3 Å². The first-order chi connectivity index (χ1) is 10.1. The van der Waals surface area contributed by atoms with E-state index >= 15 is 0 Å². The van der Waals surface area contributed by atoms with Gasteiger partial charge >= 0.3 is 0 Å². The predicted molar refractivity (Wildman–Crippen MR) is 81.5 cm³/mol. The summed E-state index contributed by atoms with van der Waals surface area (Å²) in [6.45, 7) is 7.97. The average Bonchev–Trinajstić information content (AvgIpc) is 2.78. The van der Waals surface area contributed by atoms with Crippen LogP contribution < -0.4 is 5.32 Å². The van der Waals surface area contributed by atoms with Gasteiger partial charge in [0, 0.05) is 18.3 Å². The molecular weight excluding hydrogens is 267 g/mol. The van der Waals surface area contributed by atoms with Gasteiger partial charge in [0.2, 0.25) is 0 Å². The van der Waals surface area contributed by atoms with Gasteiger partial charge in [0.1, 0.15) is 5.82 Å². The minimum absolute atomic E-state index is 0.172. The second kappa shape index (κ2) is 7.31. The van der Waals surface area contributed by atoms with Crippen LogP contribution in [0.3, 0.4) is 0 Å². The zero-order valence-corrected chi connectivity index (χ0v) is 12.9. The van der Waals surface area contributed by atoms with Crippen molar-refractivity contribution in [2.75, 3.05) is 6.54 Å². The summed E-state index contributed by atoms with van der Waals surface area (Å²) >= 11 is 0. The zero-order chi connectivity index (χ0) is 15.2. The molecule has 0 spiro atoms. The minimum atomic E-state index is -0.293. The van der Waals surface area contributed by atoms with Gasteiger partial charge in [-0.1, -0.05) is 6.92 Å². The standard InChI is InChI=1S/C16H23FN4/c1-4-15(16-7-6-14(17)11-19-16)18-8-5-9-21-13(3)10-12(2)20-21/h6-7,10-11,15,18H,4-5,8-9H2,1-3H3. The first-order valence-electron chi connectivity index (χ1n) is 7.46. The summed E-state index contributed by atoms with van der Waals surface area (Å²) in [5, 5.41) is 7.93. The molecule has 0 bridgehead atoms. The van der Waals surface area contributed by atoms with E-state index in [9.17, 15) is 4.39 Å². The number of rotatable bonds is 7. The van der Waals surface area contributed by atoms with Gasteiger partial charge in [0.15, 0.2) is 0 Å². The van der Waals surface area contributed by atoms with Crippen LogP contribution in [0.5, 0.6) is 0 Å². The van der Waals surface area contributed by atoms with Crippen molar-refractivity contribution in [3.05, 3.63) is 47.3 Å². The molecule has 114 valence electrons. The van der Waals surface area contributed by atoms with E-state index in [0.717, 1.165) is 37.3 Å². The monoisotopic (exact) mass is 290 g/mol. The second-order valence-corrected chi connectivity index (χ2v) is 5.32. The number of nitrogens with one attached hydrogen (secondary N) is 1. The first kappa shape index (κ1) is 15.6. The number of hydrogen-bond donors (Lipinski definition) is 1. The number of halogens is 1. The van der Waals surface area contributed by atoms with Crippen LogP contribution in [0.1, 0.15) is 42.9 Å². The fraction of sp³-hybridized carbons (Fsp3) is 0.500. The van der Waals surface area contributed by atoms with Gasteiger partial charge in [-0.2, -0.15) is 5.10 Å². The van der Waals surface area contributed by atoms with E-state index in [2.05, 4.69) is 35.3 Å². The SMILES string of the molecule is CCC(NCCCn1nc(C)cc1C)c1ccc(F)cn1. The molecule has 0 radical (unpaired) electrons. The molecule has 4 nitrogen and oxygen atoms in total. The molecule has 5 heteroatoms. The molecule has 0 saturated heterocycles. The Hall–Kier alpha value is -1.75. The molecule has 0 fully saturated rings. The predicted octanol–water partition coefficient (Wildman–Crippen LogP) is 3.17. The first-order valence-corrected chi connectivity index (χ1v) is 7.46. The van der Waals surface area contributed by atoms with Crippen LogP contribution in [0, 0.1) is 19.7 Å². The Morgan fingerprint density at radius 3 is 2.71 bits per heavy atom. The van der Waals surface area contributed by atoms with Crippen LogP contribution in [0.25, 0.3) is 0 Å². The van der Waals surface area contributed by atoms with Crippen molar-refractivity contribution in [2.45, 2.75) is 46.2 Å². The topological polar surface area (TPSA) is 42.7 Å². The highest BCUT2D eigenvalue weighted by Crippen LogP contribution is 2.14. The van der Waals surface area contributed by atoms with Crippen LogP contribution >= 0.6 is 0 Å². The number of aromatic nitrogens is 3. The van der Waals surface area contributed by atoms with Crippen molar-refractivity contribution >= 4 is 0 Å².